The van der Waals surface area contributed by atoms with Gasteiger partial charge in [-0.1, -0.05) is 24.3 Å². The van der Waals surface area contributed by atoms with Crippen molar-refractivity contribution in [3.05, 3.63) is 53.7 Å². The Hall–Kier alpha value is -2.58. The predicted molar refractivity (Wildman–Crippen MR) is 95.0 cm³/mol. The summed E-state index contributed by atoms with van der Waals surface area (Å²) in [5.74, 6) is -2.88. The Morgan fingerprint density at radius 2 is 1.93 bits per heavy atom. The highest BCUT2D eigenvalue weighted by Crippen LogP contribution is 2.48. The van der Waals surface area contributed by atoms with Crippen LogP contribution in [-0.4, -0.2) is 33.5 Å². The lowest BCUT2D eigenvalue weighted by Gasteiger charge is -2.19. The van der Waals surface area contributed by atoms with Crippen LogP contribution in [0.15, 0.2) is 42.6 Å². The standard InChI is InChI=1S/C17H18F3N2O5P/c18-17(19,20)27-14-4-2-1-3-12(14)9-28(25,26)10-13(16(23)24)7-11-5-6-15(21)22-8-11/h1-6,8,13H,7,9-10H2,(H2,21,22)(H,23,24)(H,25,26). The number of pyridine rings is 1. The van der Waals surface area contributed by atoms with Gasteiger partial charge in [-0.05, 0) is 24.1 Å². The first-order chi connectivity index (χ1) is 13.0. The molecule has 152 valence electrons. The first-order valence-corrected chi connectivity index (χ1v) is 10.1. The molecule has 0 aliphatic heterocycles. The second-order valence-electron chi connectivity index (χ2n) is 6.17. The molecule has 2 unspecified atom stereocenters. The quantitative estimate of drug-likeness (QED) is 0.562. The van der Waals surface area contributed by atoms with Gasteiger partial charge in [-0.25, -0.2) is 4.98 Å². The first kappa shape index (κ1) is 21.7. The average molecular weight is 418 g/mol. The molecule has 0 saturated heterocycles. The van der Waals surface area contributed by atoms with E-state index >= 15 is 0 Å². The Morgan fingerprint density at radius 1 is 1.25 bits per heavy atom. The molecule has 2 aromatic rings. The largest absolute Gasteiger partial charge is 0.573 e. The van der Waals surface area contributed by atoms with Crippen LogP contribution in [0.2, 0.25) is 0 Å². The Balaban J connectivity index is 2.16. The molecule has 28 heavy (non-hydrogen) atoms. The van der Waals surface area contributed by atoms with Gasteiger partial charge >= 0.3 is 12.3 Å². The predicted octanol–water partition coefficient (Wildman–Crippen LogP) is 3.28. The van der Waals surface area contributed by atoms with E-state index in [1.807, 2.05) is 0 Å². The fourth-order valence-electron chi connectivity index (χ4n) is 2.60. The SMILES string of the molecule is Nc1ccc(CC(CP(=O)(O)Cc2ccccc2OC(F)(F)F)C(=O)O)cn1. The third-order valence-electron chi connectivity index (χ3n) is 3.80. The topological polar surface area (TPSA) is 123 Å². The second kappa shape index (κ2) is 8.62. The molecule has 2 atom stereocenters. The minimum atomic E-state index is -4.96. The van der Waals surface area contributed by atoms with Crippen LogP contribution in [-0.2, 0) is 21.9 Å². The number of ether oxygens (including phenoxy) is 1. The van der Waals surface area contributed by atoms with Gasteiger partial charge in [0.25, 0.3) is 0 Å². The van der Waals surface area contributed by atoms with Crippen LogP contribution in [0, 0.1) is 5.92 Å². The van der Waals surface area contributed by atoms with Gasteiger partial charge in [-0.2, -0.15) is 0 Å². The smallest absolute Gasteiger partial charge is 0.481 e. The van der Waals surface area contributed by atoms with Crippen LogP contribution in [0.25, 0.3) is 0 Å². The molecule has 0 aliphatic rings. The number of carboxylic acids is 1. The number of alkyl halides is 3. The van der Waals surface area contributed by atoms with Crippen LogP contribution in [0.4, 0.5) is 19.0 Å². The molecule has 1 aromatic carbocycles. The van der Waals surface area contributed by atoms with Gasteiger partial charge in [0.2, 0.25) is 7.37 Å². The Labute approximate surface area is 158 Å². The minimum absolute atomic E-state index is 0.0755. The van der Waals surface area contributed by atoms with Crippen LogP contribution in [0.1, 0.15) is 11.1 Å². The van der Waals surface area contributed by atoms with E-state index in [1.165, 1.54) is 30.5 Å². The number of rotatable bonds is 8. The monoisotopic (exact) mass is 418 g/mol. The molecule has 0 spiro atoms. The van der Waals surface area contributed by atoms with E-state index in [9.17, 15) is 32.5 Å². The zero-order valence-corrected chi connectivity index (χ0v) is 15.4. The molecule has 0 radical (unpaired) electrons. The summed E-state index contributed by atoms with van der Waals surface area (Å²) in [7, 11) is -4.14. The van der Waals surface area contributed by atoms with Gasteiger partial charge in [0.15, 0.2) is 0 Å². The zero-order valence-electron chi connectivity index (χ0n) is 14.5. The van der Waals surface area contributed by atoms with Crippen molar-refractivity contribution in [2.75, 3.05) is 11.9 Å². The van der Waals surface area contributed by atoms with Crippen molar-refractivity contribution in [1.29, 1.82) is 0 Å². The number of carboxylic acid groups (broad SMARTS) is 1. The van der Waals surface area contributed by atoms with Crippen molar-refractivity contribution in [2.24, 2.45) is 5.92 Å². The molecule has 2 rings (SSSR count). The van der Waals surface area contributed by atoms with E-state index in [-0.39, 0.29) is 17.8 Å². The molecule has 0 bridgehead atoms. The summed E-state index contributed by atoms with van der Waals surface area (Å²) in [6.07, 6.45) is -4.94. The fraction of sp³-hybridized carbons (Fsp3) is 0.294. The molecule has 0 amide bonds. The Bertz CT molecular complexity index is 874. The lowest BCUT2D eigenvalue weighted by Crippen LogP contribution is -2.21. The van der Waals surface area contributed by atoms with Crippen molar-refractivity contribution in [1.82, 2.24) is 4.98 Å². The van der Waals surface area contributed by atoms with Crippen LogP contribution in [0.5, 0.6) is 5.75 Å². The summed E-state index contributed by atoms with van der Waals surface area (Å²) in [5.41, 5.74) is 5.83. The van der Waals surface area contributed by atoms with Crippen LogP contribution >= 0.6 is 7.37 Å². The molecule has 7 nitrogen and oxygen atoms in total. The number of nitrogen functional groups attached to an aromatic ring is 1. The lowest BCUT2D eigenvalue weighted by atomic mass is 10.0. The number of para-hydroxylation sites is 1. The number of nitrogens with two attached hydrogens (primary N) is 1. The van der Waals surface area contributed by atoms with Gasteiger partial charge in [0.1, 0.15) is 11.6 Å². The third kappa shape index (κ3) is 6.86. The molecular weight excluding hydrogens is 400 g/mol. The third-order valence-corrected chi connectivity index (χ3v) is 5.65. The fourth-order valence-corrected chi connectivity index (χ4v) is 4.50. The summed E-state index contributed by atoms with van der Waals surface area (Å²) in [6, 6.07) is 7.96. The van der Waals surface area contributed by atoms with E-state index in [4.69, 9.17) is 5.73 Å². The highest BCUT2D eigenvalue weighted by Gasteiger charge is 2.34. The summed E-state index contributed by atoms with van der Waals surface area (Å²) in [5, 5.41) is 9.38. The maximum Gasteiger partial charge on any atom is 0.573 e. The van der Waals surface area contributed by atoms with Crippen molar-refractivity contribution < 1.29 is 37.3 Å². The van der Waals surface area contributed by atoms with E-state index in [0.717, 1.165) is 6.07 Å². The van der Waals surface area contributed by atoms with E-state index in [2.05, 4.69) is 9.72 Å². The van der Waals surface area contributed by atoms with E-state index in [0.29, 0.717) is 5.56 Å². The van der Waals surface area contributed by atoms with Crippen molar-refractivity contribution in [2.45, 2.75) is 18.9 Å². The van der Waals surface area contributed by atoms with Crippen molar-refractivity contribution >= 4 is 19.2 Å². The highest BCUT2D eigenvalue weighted by atomic mass is 31.2. The number of halogens is 3. The number of aliphatic carboxylic acids is 1. The van der Waals surface area contributed by atoms with E-state index < -0.39 is 43.7 Å². The number of nitrogens with zero attached hydrogens (tertiary/aromatic N) is 1. The van der Waals surface area contributed by atoms with Gasteiger partial charge in [0, 0.05) is 17.9 Å². The van der Waals surface area contributed by atoms with Gasteiger partial charge in [-0.15, -0.1) is 13.2 Å². The Morgan fingerprint density at radius 3 is 2.50 bits per heavy atom. The summed E-state index contributed by atoms with van der Waals surface area (Å²) >= 11 is 0. The average Bonchev–Trinajstić information content (AvgIpc) is 2.56. The van der Waals surface area contributed by atoms with Gasteiger partial charge < -0.3 is 20.5 Å². The number of carbonyl (C=O) groups is 1. The van der Waals surface area contributed by atoms with Crippen molar-refractivity contribution in [3.63, 3.8) is 0 Å². The van der Waals surface area contributed by atoms with Crippen LogP contribution in [0.3, 0.4) is 0 Å². The molecule has 0 aliphatic carbocycles. The van der Waals surface area contributed by atoms with E-state index in [1.54, 1.807) is 6.07 Å². The molecule has 1 aromatic heterocycles. The molecule has 0 saturated carbocycles. The van der Waals surface area contributed by atoms with Gasteiger partial charge in [-0.3, -0.25) is 9.36 Å². The van der Waals surface area contributed by atoms with Crippen molar-refractivity contribution in [3.8, 4) is 5.75 Å². The highest BCUT2D eigenvalue weighted by molar-refractivity contribution is 7.57. The number of benzene rings is 1. The molecule has 11 heteroatoms. The minimum Gasteiger partial charge on any atom is -0.481 e. The maximum atomic E-state index is 12.6. The van der Waals surface area contributed by atoms with Crippen LogP contribution < -0.4 is 10.5 Å². The first-order valence-electron chi connectivity index (χ1n) is 8.03. The zero-order chi connectivity index (χ0) is 20.9. The second-order valence-corrected chi connectivity index (χ2v) is 8.55. The molecule has 0 fully saturated rings. The summed E-state index contributed by atoms with van der Waals surface area (Å²) in [4.78, 5) is 25.6. The number of aromatic nitrogens is 1. The summed E-state index contributed by atoms with van der Waals surface area (Å²) < 4.78 is 53.9. The van der Waals surface area contributed by atoms with Gasteiger partial charge in [0.05, 0.1) is 12.1 Å². The summed E-state index contributed by atoms with van der Waals surface area (Å²) in [6.45, 7) is 0. The normalized spacial score (nSPS) is 14.9. The molecular formula is C17H18F3N2O5P. The Kier molecular flexibility index (Phi) is 6.69. The molecule has 1 heterocycles. The molecule has 4 N–H and O–H groups in total. The maximum absolute atomic E-state index is 12.6. The number of hydrogen-bond donors (Lipinski definition) is 3. The number of anilines is 1. The lowest BCUT2D eigenvalue weighted by molar-refractivity contribution is -0.274. The number of hydrogen-bond acceptors (Lipinski definition) is 5.